The van der Waals surface area contributed by atoms with Crippen LogP contribution in [0, 0.1) is 0 Å². The summed E-state index contributed by atoms with van der Waals surface area (Å²) >= 11 is 12.2. The van der Waals surface area contributed by atoms with Crippen LogP contribution in [0.1, 0.15) is 46.2 Å². The summed E-state index contributed by atoms with van der Waals surface area (Å²) in [6.45, 7) is 9.53. The third kappa shape index (κ3) is 6.36. The predicted molar refractivity (Wildman–Crippen MR) is 140 cm³/mol. The lowest BCUT2D eigenvalue weighted by Crippen LogP contribution is -2.62. The zero-order valence-electron chi connectivity index (χ0n) is 20.8. The molecule has 0 atom stereocenters. The largest absolute Gasteiger partial charge is 0.485 e. The van der Waals surface area contributed by atoms with Crippen LogP contribution in [0.15, 0.2) is 36.1 Å². The smallest absolute Gasteiger partial charge is 0.286 e. The van der Waals surface area contributed by atoms with Gasteiger partial charge in [0.05, 0.1) is 16.7 Å². The first-order valence-corrected chi connectivity index (χ1v) is 12.2. The molecule has 1 saturated heterocycles. The highest BCUT2D eigenvalue weighted by molar-refractivity contribution is 6.42. The van der Waals surface area contributed by atoms with Gasteiger partial charge >= 0.3 is 0 Å². The number of aromatic amines is 1. The molecule has 3 rings (SSSR count). The van der Waals surface area contributed by atoms with Gasteiger partial charge in [-0.25, -0.2) is 0 Å². The van der Waals surface area contributed by atoms with Crippen molar-refractivity contribution in [2.24, 2.45) is 0 Å². The topological polar surface area (TPSA) is 66.6 Å². The van der Waals surface area contributed by atoms with Gasteiger partial charge < -0.3 is 19.8 Å². The van der Waals surface area contributed by atoms with Crippen LogP contribution in [0.25, 0.3) is 17.0 Å². The van der Waals surface area contributed by atoms with Gasteiger partial charge in [-0.15, -0.1) is 0 Å². The second-order valence-electron chi connectivity index (χ2n) is 10.1. The number of hydrogen-bond donors (Lipinski definition) is 2. The molecule has 1 aliphatic heterocycles. The van der Waals surface area contributed by atoms with E-state index in [0.29, 0.717) is 16.7 Å². The van der Waals surface area contributed by atoms with Gasteiger partial charge in [-0.05, 0) is 77.9 Å². The molecule has 1 amide bonds. The monoisotopic (exact) mass is 507 g/mol. The van der Waals surface area contributed by atoms with E-state index in [1.807, 2.05) is 18.2 Å². The number of carbonyl (C=O) groups is 1. The number of fused-ring (bicyclic) bond motifs is 1. The zero-order chi connectivity index (χ0) is 25.1. The van der Waals surface area contributed by atoms with Gasteiger partial charge in [-0.2, -0.15) is 0 Å². The summed E-state index contributed by atoms with van der Waals surface area (Å²) in [7, 11) is 3.75. The van der Waals surface area contributed by atoms with Gasteiger partial charge in [0.25, 0.3) is 5.91 Å². The minimum Gasteiger partial charge on any atom is -0.485 e. The Kier molecular flexibility index (Phi) is 8.40. The first kappa shape index (κ1) is 26.6. The van der Waals surface area contributed by atoms with Crippen LogP contribution in [-0.2, 0) is 14.3 Å². The van der Waals surface area contributed by atoms with Crippen LogP contribution in [0.2, 0.25) is 10.0 Å². The average molecular weight is 508 g/mol. The molecular weight excluding hydrogens is 473 g/mol. The third-order valence-corrected chi connectivity index (χ3v) is 7.34. The number of rotatable bonds is 8. The number of amides is 1. The standard InChI is InChI=1S/C26H35Cl2N3O3/c1-25(2)15-19(16-26(3,4)31(25)5)30-24(32)23(34-11-10-33-6)9-7-8-18-12-17-13-20(27)21(28)14-22(17)29-18/h7-9,12-14,19,29H,10-11,15-16H2,1-6H3,(H,30,32)/b8-7+,23-9-. The van der Waals surface area contributed by atoms with Crippen molar-refractivity contribution >= 4 is 46.1 Å². The first-order valence-electron chi connectivity index (χ1n) is 11.5. The average Bonchev–Trinajstić information content (AvgIpc) is 3.12. The van der Waals surface area contributed by atoms with E-state index >= 15 is 0 Å². The number of hydrogen-bond acceptors (Lipinski definition) is 4. The van der Waals surface area contributed by atoms with Crippen molar-refractivity contribution in [3.63, 3.8) is 0 Å². The van der Waals surface area contributed by atoms with Gasteiger partial charge in [-0.1, -0.05) is 29.3 Å². The van der Waals surface area contributed by atoms with E-state index < -0.39 is 0 Å². The van der Waals surface area contributed by atoms with Crippen molar-refractivity contribution in [1.29, 1.82) is 0 Å². The Hall–Kier alpha value is -1.99. The maximum absolute atomic E-state index is 13.1. The first-order chi connectivity index (χ1) is 15.9. The van der Waals surface area contributed by atoms with Gasteiger partial charge in [0.15, 0.2) is 5.76 Å². The van der Waals surface area contributed by atoms with E-state index in [0.717, 1.165) is 29.4 Å². The van der Waals surface area contributed by atoms with Crippen molar-refractivity contribution in [3.8, 4) is 0 Å². The molecule has 8 heteroatoms. The molecule has 6 nitrogen and oxygen atoms in total. The SMILES string of the molecule is COCCO/C(=C\C=C\c1cc2cc(Cl)c(Cl)cc2[nH]1)C(=O)NC1CC(C)(C)N(C)C(C)(C)C1. The molecule has 1 aliphatic rings. The van der Waals surface area contributed by atoms with E-state index in [4.69, 9.17) is 32.7 Å². The Balaban J connectivity index is 1.75. The zero-order valence-corrected chi connectivity index (χ0v) is 22.3. The summed E-state index contributed by atoms with van der Waals surface area (Å²) in [6.07, 6.45) is 7.07. The molecule has 0 unspecified atom stereocenters. The summed E-state index contributed by atoms with van der Waals surface area (Å²) in [5, 5.41) is 5.15. The minimum absolute atomic E-state index is 0.0260. The summed E-state index contributed by atoms with van der Waals surface area (Å²) < 4.78 is 10.8. The number of benzene rings is 1. The summed E-state index contributed by atoms with van der Waals surface area (Å²) in [6, 6.07) is 5.63. The Morgan fingerprint density at radius 1 is 1.15 bits per heavy atom. The number of piperidine rings is 1. The van der Waals surface area contributed by atoms with E-state index in [2.05, 4.69) is 49.9 Å². The Morgan fingerprint density at radius 3 is 2.44 bits per heavy atom. The molecular formula is C26H35Cl2N3O3. The molecule has 0 spiro atoms. The quantitative estimate of drug-likeness (QED) is 0.205. The van der Waals surface area contributed by atoms with Crippen molar-refractivity contribution in [2.75, 3.05) is 27.4 Å². The normalized spacial score (nSPS) is 19.1. The highest BCUT2D eigenvalue weighted by Crippen LogP contribution is 2.37. The van der Waals surface area contributed by atoms with Crippen LogP contribution in [-0.4, -0.2) is 60.3 Å². The summed E-state index contributed by atoms with van der Waals surface area (Å²) in [5.74, 6) is 0.0298. The molecule has 1 aromatic heterocycles. The Morgan fingerprint density at radius 2 is 1.79 bits per heavy atom. The van der Waals surface area contributed by atoms with Crippen LogP contribution < -0.4 is 5.32 Å². The van der Waals surface area contributed by atoms with Crippen LogP contribution in [0.5, 0.6) is 0 Å². The number of methoxy groups -OCH3 is 1. The second-order valence-corrected chi connectivity index (χ2v) is 10.9. The van der Waals surface area contributed by atoms with Gasteiger partial charge in [0.1, 0.15) is 6.61 Å². The maximum atomic E-state index is 13.1. The van der Waals surface area contributed by atoms with Crippen LogP contribution in [0.3, 0.4) is 0 Å². The predicted octanol–water partition coefficient (Wildman–Crippen LogP) is 5.80. The number of aromatic nitrogens is 1. The van der Waals surface area contributed by atoms with Crippen LogP contribution in [0.4, 0.5) is 0 Å². The lowest BCUT2D eigenvalue weighted by molar-refractivity contribution is -0.123. The van der Waals surface area contributed by atoms with Crippen molar-refractivity contribution < 1.29 is 14.3 Å². The lowest BCUT2D eigenvalue weighted by atomic mass is 9.77. The van der Waals surface area contributed by atoms with Crippen LogP contribution >= 0.6 is 23.2 Å². The molecule has 2 aromatic rings. The van der Waals surface area contributed by atoms with Crippen molar-refractivity contribution in [2.45, 2.75) is 57.7 Å². The molecule has 0 radical (unpaired) electrons. The number of halogens is 2. The summed E-state index contributed by atoms with van der Waals surface area (Å²) in [4.78, 5) is 18.8. The fraction of sp³-hybridized carbons (Fsp3) is 0.500. The van der Waals surface area contributed by atoms with E-state index in [-0.39, 0.29) is 35.4 Å². The molecule has 1 fully saturated rings. The number of nitrogens with zero attached hydrogens (tertiary/aromatic N) is 1. The number of ether oxygens (including phenoxy) is 2. The van der Waals surface area contributed by atoms with E-state index in [1.54, 1.807) is 25.3 Å². The molecule has 0 aliphatic carbocycles. The molecule has 0 bridgehead atoms. The number of nitrogens with one attached hydrogen (secondary N) is 2. The minimum atomic E-state index is -0.225. The highest BCUT2D eigenvalue weighted by atomic mass is 35.5. The highest BCUT2D eigenvalue weighted by Gasteiger charge is 2.43. The fourth-order valence-electron chi connectivity index (χ4n) is 4.63. The summed E-state index contributed by atoms with van der Waals surface area (Å²) in [5.41, 5.74) is 1.70. The van der Waals surface area contributed by atoms with Gasteiger partial charge in [0.2, 0.25) is 0 Å². The molecule has 1 aromatic carbocycles. The number of likely N-dealkylation sites (tertiary alicyclic amines) is 1. The number of H-pyrrole nitrogens is 1. The van der Waals surface area contributed by atoms with Crippen molar-refractivity contribution in [1.82, 2.24) is 15.2 Å². The van der Waals surface area contributed by atoms with Gasteiger partial charge in [-0.3, -0.25) is 9.69 Å². The Bertz CT molecular complexity index is 1030. The molecule has 2 heterocycles. The second kappa shape index (κ2) is 10.7. The van der Waals surface area contributed by atoms with Gasteiger partial charge in [0, 0.05) is 40.8 Å². The van der Waals surface area contributed by atoms with Crippen molar-refractivity contribution in [3.05, 3.63) is 51.8 Å². The fourth-order valence-corrected chi connectivity index (χ4v) is 4.97. The lowest BCUT2D eigenvalue weighted by Gasteiger charge is -2.53. The van der Waals surface area contributed by atoms with E-state index in [1.165, 1.54) is 0 Å². The number of allylic oxidation sites excluding steroid dienone is 2. The number of carbonyl (C=O) groups excluding carboxylic acids is 1. The third-order valence-electron chi connectivity index (χ3n) is 6.62. The molecule has 186 valence electrons. The van der Waals surface area contributed by atoms with E-state index in [9.17, 15) is 4.79 Å². The Labute approximate surface area is 212 Å². The molecule has 0 saturated carbocycles. The molecule has 2 N–H and O–H groups in total. The molecule has 34 heavy (non-hydrogen) atoms. The maximum Gasteiger partial charge on any atom is 0.286 e.